The van der Waals surface area contributed by atoms with E-state index in [1.165, 1.54) is 24.1 Å². The normalized spacial score (nSPS) is 10.4. The molecule has 17 heavy (non-hydrogen) atoms. The van der Waals surface area contributed by atoms with E-state index >= 15 is 0 Å². The number of anilines is 2. The second-order valence-corrected chi connectivity index (χ2v) is 5.07. The van der Waals surface area contributed by atoms with E-state index in [0.717, 1.165) is 9.79 Å². The maximum atomic E-state index is 5.80. The molecule has 0 spiro atoms. The van der Waals surface area contributed by atoms with Gasteiger partial charge in [-0.3, -0.25) is 0 Å². The molecular formula is C12H12N2OS2. The predicted molar refractivity (Wildman–Crippen MR) is 74.5 cm³/mol. The first-order chi connectivity index (χ1) is 8.27. The quantitative estimate of drug-likeness (QED) is 0.653. The Morgan fingerprint density at radius 3 is 1.53 bits per heavy atom. The maximum Gasteiger partial charge on any atom is 0.0595 e. The number of benzene rings is 2. The molecule has 0 radical (unpaired) electrons. The van der Waals surface area contributed by atoms with E-state index in [-0.39, 0.29) is 0 Å². The summed E-state index contributed by atoms with van der Waals surface area (Å²) >= 11 is 2.47. The standard InChI is InChI=1S/C12H12N2OS2/c13-9-5-1-3-7-11(9)16-15-17-12-8-4-2-6-10(12)14/h1-8H,13-14H2. The summed E-state index contributed by atoms with van der Waals surface area (Å²) in [5, 5.41) is 0. The van der Waals surface area contributed by atoms with Gasteiger partial charge in [-0.15, -0.1) is 0 Å². The third-order valence-corrected chi connectivity index (χ3v) is 3.73. The van der Waals surface area contributed by atoms with Gasteiger partial charge in [0.15, 0.2) is 0 Å². The monoisotopic (exact) mass is 264 g/mol. The average Bonchev–Trinajstić information content (AvgIpc) is 2.34. The van der Waals surface area contributed by atoms with Crippen molar-refractivity contribution in [2.45, 2.75) is 9.79 Å². The Bertz CT molecular complexity index is 460. The van der Waals surface area contributed by atoms with Gasteiger partial charge in [-0.25, -0.2) is 3.63 Å². The molecule has 0 aliphatic heterocycles. The van der Waals surface area contributed by atoms with Gasteiger partial charge in [-0.2, -0.15) is 0 Å². The Kier molecular flexibility index (Phi) is 4.19. The van der Waals surface area contributed by atoms with Gasteiger partial charge in [0, 0.05) is 35.5 Å². The summed E-state index contributed by atoms with van der Waals surface area (Å²) in [7, 11) is 0. The Morgan fingerprint density at radius 2 is 1.12 bits per heavy atom. The first-order valence-electron chi connectivity index (χ1n) is 4.97. The van der Waals surface area contributed by atoms with Gasteiger partial charge in [-0.05, 0) is 24.3 Å². The molecule has 0 saturated carbocycles. The van der Waals surface area contributed by atoms with Gasteiger partial charge in [0.1, 0.15) is 0 Å². The molecule has 0 aliphatic rings. The largest absolute Gasteiger partial charge is 0.398 e. The van der Waals surface area contributed by atoms with E-state index < -0.39 is 0 Å². The summed E-state index contributed by atoms with van der Waals surface area (Å²) in [6, 6.07) is 15.1. The number of para-hydroxylation sites is 2. The fourth-order valence-corrected chi connectivity index (χ4v) is 2.52. The van der Waals surface area contributed by atoms with Crippen LogP contribution in [0.1, 0.15) is 0 Å². The van der Waals surface area contributed by atoms with Gasteiger partial charge in [-0.1, -0.05) is 24.3 Å². The van der Waals surface area contributed by atoms with Gasteiger partial charge in [0.25, 0.3) is 0 Å². The van der Waals surface area contributed by atoms with Crippen LogP contribution in [0.2, 0.25) is 0 Å². The molecule has 0 fully saturated rings. The molecule has 2 rings (SSSR count). The molecule has 0 amide bonds. The van der Waals surface area contributed by atoms with Gasteiger partial charge < -0.3 is 11.5 Å². The summed E-state index contributed by atoms with van der Waals surface area (Å²) in [4.78, 5) is 1.80. The van der Waals surface area contributed by atoms with E-state index in [9.17, 15) is 0 Å². The Balaban J connectivity index is 1.93. The summed E-state index contributed by atoms with van der Waals surface area (Å²) < 4.78 is 5.44. The second-order valence-electron chi connectivity index (χ2n) is 3.31. The summed E-state index contributed by atoms with van der Waals surface area (Å²) in [5.74, 6) is 0. The van der Waals surface area contributed by atoms with Crippen LogP contribution in [0, 0.1) is 0 Å². The minimum Gasteiger partial charge on any atom is -0.398 e. The fourth-order valence-electron chi connectivity index (χ4n) is 1.20. The second kappa shape index (κ2) is 5.86. The number of hydrogen-bond donors (Lipinski definition) is 2. The van der Waals surface area contributed by atoms with Crippen molar-refractivity contribution in [2.24, 2.45) is 0 Å². The highest BCUT2D eigenvalue weighted by Gasteiger charge is 2.03. The van der Waals surface area contributed by atoms with Crippen LogP contribution in [0.15, 0.2) is 58.3 Å². The summed E-state index contributed by atoms with van der Waals surface area (Å²) in [6.07, 6.45) is 0. The van der Waals surface area contributed by atoms with Crippen LogP contribution in [0.4, 0.5) is 11.4 Å². The van der Waals surface area contributed by atoms with Crippen molar-refractivity contribution in [1.82, 2.24) is 0 Å². The number of rotatable bonds is 4. The van der Waals surface area contributed by atoms with Gasteiger partial charge in [0.2, 0.25) is 0 Å². The van der Waals surface area contributed by atoms with Crippen molar-refractivity contribution >= 4 is 35.5 Å². The van der Waals surface area contributed by atoms with Crippen LogP contribution in [-0.2, 0) is 3.63 Å². The third-order valence-electron chi connectivity index (χ3n) is 2.09. The van der Waals surface area contributed by atoms with Crippen LogP contribution in [0.3, 0.4) is 0 Å². The van der Waals surface area contributed by atoms with Crippen molar-refractivity contribution in [3.8, 4) is 0 Å². The van der Waals surface area contributed by atoms with Gasteiger partial charge >= 0.3 is 0 Å². The minimum atomic E-state index is 0.708. The SMILES string of the molecule is Nc1ccccc1SOSc1ccccc1N. The number of nitrogens with two attached hydrogens (primary N) is 2. The summed E-state index contributed by atoms with van der Waals surface area (Å²) in [5.41, 5.74) is 13.0. The zero-order valence-electron chi connectivity index (χ0n) is 9.00. The molecule has 0 atom stereocenters. The Hall–Kier alpha value is -1.30. The zero-order chi connectivity index (χ0) is 12.1. The highest BCUT2D eigenvalue weighted by atomic mass is 32.2. The molecule has 3 nitrogen and oxygen atoms in total. The van der Waals surface area contributed by atoms with Crippen LogP contribution >= 0.6 is 24.1 Å². The Labute approximate surface area is 109 Å². The molecule has 0 saturated heterocycles. The van der Waals surface area contributed by atoms with E-state index in [4.69, 9.17) is 15.1 Å². The molecule has 0 aromatic heterocycles. The van der Waals surface area contributed by atoms with E-state index in [0.29, 0.717) is 11.4 Å². The highest BCUT2D eigenvalue weighted by Crippen LogP contribution is 2.34. The summed E-state index contributed by atoms with van der Waals surface area (Å²) in [6.45, 7) is 0. The first kappa shape index (κ1) is 12.2. The molecule has 5 heteroatoms. The lowest BCUT2D eigenvalue weighted by Crippen LogP contribution is -1.88. The van der Waals surface area contributed by atoms with E-state index in [2.05, 4.69) is 0 Å². The van der Waals surface area contributed by atoms with Crippen LogP contribution in [-0.4, -0.2) is 0 Å². The maximum absolute atomic E-state index is 5.80. The van der Waals surface area contributed by atoms with Crippen LogP contribution in [0.25, 0.3) is 0 Å². The molecule has 88 valence electrons. The van der Waals surface area contributed by atoms with E-state index in [1.807, 2.05) is 48.5 Å². The molecule has 0 unspecified atom stereocenters. The molecule has 2 aromatic rings. The number of hydrogen-bond acceptors (Lipinski definition) is 5. The number of nitrogen functional groups attached to an aromatic ring is 2. The Morgan fingerprint density at radius 1 is 0.706 bits per heavy atom. The molecule has 0 aliphatic carbocycles. The minimum absolute atomic E-state index is 0.708. The molecular weight excluding hydrogens is 252 g/mol. The molecule has 0 bridgehead atoms. The van der Waals surface area contributed by atoms with Crippen molar-refractivity contribution in [3.05, 3.63) is 48.5 Å². The predicted octanol–water partition coefficient (Wildman–Crippen LogP) is 3.58. The van der Waals surface area contributed by atoms with Crippen molar-refractivity contribution < 1.29 is 3.63 Å². The highest BCUT2D eigenvalue weighted by molar-refractivity contribution is 8.08. The van der Waals surface area contributed by atoms with Crippen LogP contribution in [0.5, 0.6) is 0 Å². The lowest BCUT2D eigenvalue weighted by atomic mass is 10.3. The first-order valence-corrected chi connectivity index (χ1v) is 6.46. The topological polar surface area (TPSA) is 61.3 Å². The smallest absolute Gasteiger partial charge is 0.0595 e. The van der Waals surface area contributed by atoms with Crippen molar-refractivity contribution in [2.75, 3.05) is 11.5 Å². The van der Waals surface area contributed by atoms with Gasteiger partial charge in [0.05, 0.1) is 9.79 Å². The fraction of sp³-hybridized carbons (Fsp3) is 0. The lowest BCUT2D eigenvalue weighted by molar-refractivity contribution is 0.757. The van der Waals surface area contributed by atoms with Crippen molar-refractivity contribution in [3.63, 3.8) is 0 Å². The molecule has 0 heterocycles. The van der Waals surface area contributed by atoms with Crippen molar-refractivity contribution in [1.29, 1.82) is 0 Å². The van der Waals surface area contributed by atoms with Crippen LogP contribution < -0.4 is 11.5 Å². The molecule has 2 aromatic carbocycles. The van der Waals surface area contributed by atoms with E-state index in [1.54, 1.807) is 0 Å². The third kappa shape index (κ3) is 3.33. The average molecular weight is 264 g/mol. The molecule has 4 N–H and O–H groups in total. The lowest BCUT2D eigenvalue weighted by Gasteiger charge is -2.05. The zero-order valence-corrected chi connectivity index (χ0v) is 10.6.